The number of aldehydes is 1. The minimum absolute atomic E-state index is 0.0664. The highest BCUT2D eigenvalue weighted by Gasteiger charge is 2.54. The van der Waals surface area contributed by atoms with Gasteiger partial charge >= 0.3 is 13.3 Å². The van der Waals surface area contributed by atoms with Crippen molar-refractivity contribution in [3.63, 3.8) is 0 Å². The largest absolute Gasteiger partial charge is 0.404 e. The zero-order valence-electron chi connectivity index (χ0n) is 10.6. The summed E-state index contributed by atoms with van der Waals surface area (Å²) in [5, 5.41) is 0. The van der Waals surface area contributed by atoms with Crippen molar-refractivity contribution < 1.29 is 27.2 Å². The SMILES string of the molecule is CCOP(=O)(OCC)C(F)(F)c1cccc(C=O)c1. The highest BCUT2D eigenvalue weighted by molar-refractivity contribution is 7.54. The van der Waals surface area contributed by atoms with Gasteiger partial charge in [0.1, 0.15) is 6.29 Å². The van der Waals surface area contributed by atoms with Gasteiger partial charge in [-0.2, -0.15) is 8.78 Å². The maximum absolute atomic E-state index is 14.3. The van der Waals surface area contributed by atoms with Crippen molar-refractivity contribution in [2.24, 2.45) is 0 Å². The zero-order valence-corrected chi connectivity index (χ0v) is 11.5. The molecular formula is C12H15F2O4P. The summed E-state index contributed by atoms with van der Waals surface area (Å²) < 4.78 is 50.0. The van der Waals surface area contributed by atoms with E-state index in [0.717, 1.165) is 12.1 Å². The van der Waals surface area contributed by atoms with Gasteiger partial charge < -0.3 is 9.05 Å². The topological polar surface area (TPSA) is 52.6 Å². The summed E-state index contributed by atoms with van der Waals surface area (Å²) in [4.78, 5) is 10.6. The molecule has 106 valence electrons. The minimum atomic E-state index is -4.62. The molecule has 0 amide bonds. The fraction of sp³-hybridized carbons (Fsp3) is 0.417. The summed E-state index contributed by atoms with van der Waals surface area (Å²) in [6, 6.07) is 4.71. The third kappa shape index (κ3) is 3.26. The van der Waals surface area contributed by atoms with E-state index in [1.54, 1.807) is 0 Å². The first-order chi connectivity index (χ1) is 8.91. The molecule has 0 aliphatic rings. The lowest BCUT2D eigenvalue weighted by Gasteiger charge is -2.26. The molecule has 1 aromatic rings. The van der Waals surface area contributed by atoms with Crippen LogP contribution in [0.5, 0.6) is 0 Å². The van der Waals surface area contributed by atoms with Gasteiger partial charge in [-0.15, -0.1) is 0 Å². The normalized spacial score (nSPS) is 12.4. The molecular weight excluding hydrogens is 277 g/mol. The predicted octanol–water partition coefficient (Wildman–Crippen LogP) is 3.81. The smallest absolute Gasteiger partial charge is 0.304 e. The Morgan fingerprint density at radius 3 is 2.32 bits per heavy atom. The van der Waals surface area contributed by atoms with Crippen molar-refractivity contribution in [3.05, 3.63) is 35.4 Å². The van der Waals surface area contributed by atoms with Crippen LogP contribution in [0.1, 0.15) is 29.8 Å². The first kappa shape index (κ1) is 16.0. The Balaban J connectivity index is 3.25. The van der Waals surface area contributed by atoms with Crippen LogP contribution >= 0.6 is 7.60 Å². The highest BCUT2D eigenvalue weighted by Crippen LogP contribution is 2.66. The van der Waals surface area contributed by atoms with E-state index in [4.69, 9.17) is 0 Å². The molecule has 1 aromatic carbocycles. The standard InChI is InChI=1S/C12H15F2O4P/c1-3-17-19(16,18-4-2)12(13,14)11-7-5-6-10(8-11)9-15/h5-9H,3-4H2,1-2H3. The molecule has 0 atom stereocenters. The van der Waals surface area contributed by atoms with Crippen LogP contribution in [0.15, 0.2) is 24.3 Å². The highest BCUT2D eigenvalue weighted by atomic mass is 31.2. The average Bonchev–Trinajstić information content (AvgIpc) is 2.39. The summed E-state index contributed by atoms with van der Waals surface area (Å²) in [5.41, 5.74) is -4.31. The molecule has 0 saturated heterocycles. The van der Waals surface area contributed by atoms with Crippen LogP contribution in [-0.2, 0) is 19.3 Å². The molecule has 0 fully saturated rings. The maximum Gasteiger partial charge on any atom is 0.404 e. The number of rotatable bonds is 7. The van der Waals surface area contributed by atoms with E-state index < -0.39 is 18.8 Å². The molecule has 0 N–H and O–H groups in total. The summed E-state index contributed by atoms with van der Waals surface area (Å²) >= 11 is 0. The number of alkyl halides is 2. The lowest BCUT2D eigenvalue weighted by atomic mass is 10.1. The van der Waals surface area contributed by atoms with Crippen molar-refractivity contribution in [1.82, 2.24) is 0 Å². The van der Waals surface area contributed by atoms with Gasteiger partial charge in [-0.1, -0.05) is 18.2 Å². The summed E-state index contributed by atoms with van der Waals surface area (Å²) in [5.74, 6) is 0. The van der Waals surface area contributed by atoms with E-state index >= 15 is 0 Å². The third-order valence-electron chi connectivity index (χ3n) is 2.31. The van der Waals surface area contributed by atoms with Gasteiger partial charge in [-0.05, 0) is 19.9 Å². The molecule has 4 nitrogen and oxygen atoms in total. The molecule has 0 bridgehead atoms. The van der Waals surface area contributed by atoms with Gasteiger partial charge in [0.15, 0.2) is 0 Å². The minimum Gasteiger partial charge on any atom is -0.304 e. The van der Waals surface area contributed by atoms with Crippen LogP contribution in [0.3, 0.4) is 0 Å². The number of hydrogen-bond donors (Lipinski definition) is 0. The molecule has 0 radical (unpaired) electrons. The van der Waals surface area contributed by atoms with Crippen molar-refractivity contribution >= 4 is 13.9 Å². The van der Waals surface area contributed by atoms with Crippen LogP contribution in [0.4, 0.5) is 8.78 Å². The molecule has 0 aliphatic heterocycles. The van der Waals surface area contributed by atoms with E-state index in [0.29, 0.717) is 6.29 Å². The Hall–Kier alpha value is -1.10. The van der Waals surface area contributed by atoms with Crippen molar-refractivity contribution in [3.8, 4) is 0 Å². The number of carbonyl (C=O) groups is 1. The molecule has 0 heterocycles. The van der Waals surface area contributed by atoms with E-state index in [-0.39, 0.29) is 18.8 Å². The average molecular weight is 292 g/mol. The summed E-state index contributed by atoms with van der Waals surface area (Å²) in [6.45, 7) is 2.56. The summed E-state index contributed by atoms with van der Waals surface area (Å²) in [7, 11) is -4.62. The lowest BCUT2D eigenvalue weighted by molar-refractivity contribution is 0.0360. The van der Waals surface area contributed by atoms with Gasteiger partial charge in [-0.3, -0.25) is 9.36 Å². The van der Waals surface area contributed by atoms with Crippen LogP contribution in [-0.4, -0.2) is 19.5 Å². The Labute approximate surface area is 110 Å². The Morgan fingerprint density at radius 1 is 1.26 bits per heavy atom. The van der Waals surface area contributed by atoms with Gasteiger partial charge in [0.2, 0.25) is 0 Å². The predicted molar refractivity (Wildman–Crippen MR) is 66.6 cm³/mol. The number of carbonyl (C=O) groups excluding carboxylic acids is 1. The lowest BCUT2D eigenvalue weighted by Crippen LogP contribution is -2.18. The number of halogens is 2. The van der Waals surface area contributed by atoms with Crippen LogP contribution < -0.4 is 0 Å². The van der Waals surface area contributed by atoms with E-state index in [2.05, 4.69) is 9.05 Å². The second kappa shape index (κ2) is 6.37. The molecule has 0 spiro atoms. The van der Waals surface area contributed by atoms with Crippen LogP contribution in [0.25, 0.3) is 0 Å². The van der Waals surface area contributed by atoms with Crippen LogP contribution in [0.2, 0.25) is 0 Å². The Bertz CT molecular complexity index is 480. The molecule has 19 heavy (non-hydrogen) atoms. The van der Waals surface area contributed by atoms with Gasteiger partial charge in [0.05, 0.1) is 13.2 Å². The second-order valence-corrected chi connectivity index (χ2v) is 5.69. The molecule has 0 aliphatic carbocycles. The molecule has 1 rings (SSSR count). The Morgan fingerprint density at radius 2 is 1.84 bits per heavy atom. The quantitative estimate of drug-likeness (QED) is 0.566. The second-order valence-electron chi connectivity index (χ2n) is 3.62. The number of benzene rings is 1. The fourth-order valence-corrected chi connectivity index (χ4v) is 3.03. The fourth-order valence-electron chi connectivity index (χ4n) is 1.50. The van der Waals surface area contributed by atoms with Crippen LogP contribution in [0, 0.1) is 0 Å². The van der Waals surface area contributed by atoms with Crippen molar-refractivity contribution in [2.75, 3.05) is 13.2 Å². The number of hydrogen-bond acceptors (Lipinski definition) is 4. The van der Waals surface area contributed by atoms with Gasteiger partial charge in [-0.25, -0.2) is 0 Å². The van der Waals surface area contributed by atoms with E-state index in [9.17, 15) is 18.1 Å². The zero-order chi connectivity index (χ0) is 14.5. The molecule has 7 heteroatoms. The van der Waals surface area contributed by atoms with E-state index in [1.807, 2.05) is 0 Å². The van der Waals surface area contributed by atoms with Gasteiger partial charge in [0, 0.05) is 11.1 Å². The monoisotopic (exact) mass is 292 g/mol. The van der Waals surface area contributed by atoms with Crippen molar-refractivity contribution in [2.45, 2.75) is 19.5 Å². The first-order valence-electron chi connectivity index (χ1n) is 5.74. The third-order valence-corrected chi connectivity index (χ3v) is 4.45. The van der Waals surface area contributed by atoms with Crippen molar-refractivity contribution in [1.29, 1.82) is 0 Å². The van der Waals surface area contributed by atoms with E-state index in [1.165, 1.54) is 26.0 Å². The van der Waals surface area contributed by atoms with Gasteiger partial charge in [0.25, 0.3) is 0 Å². The molecule has 0 saturated carbocycles. The summed E-state index contributed by atoms with van der Waals surface area (Å²) in [6.07, 6.45) is 0.436. The molecule has 0 unspecified atom stereocenters. The first-order valence-corrected chi connectivity index (χ1v) is 7.28. The Kier molecular flexibility index (Phi) is 5.35. The molecule has 0 aromatic heterocycles. The maximum atomic E-state index is 14.3.